The number of rotatable bonds is 4. The fourth-order valence-electron chi connectivity index (χ4n) is 2.93. The number of non-ortho nitro benzene ring substituents is 1. The van der Waals surface area contributed by atoms with Crippen molar-refractivity contribution in [3.8, 4) is 0 Å². The van der Waals surface area contributed by atoms with Gasteiger partial charge in [-0.1, -0.05) is 6.42 Å². The molecule has 1 aromatic rings. The predicted molar refractivity (Wildman–Crippen MR) is 88.2 cm³/mol. The second-order valence-electron chi connectivity index (χ2n) is 5.88. The van der Waals surface area contributed by atoms with E-state index in [2.05, 4.69) is 5.32 Å². The number of hydrogen-bond acceptors (Lipinski definition) is 5. The third kappa shape index (κ3) is 3.27. The van der Waals surface area contributed by atoms with E-state index in [4.69, 9.17) is 0 Å². The van der Waals surface area contributed by atoms with Crippen LogP contribution in [0.1, 0.15) is 30.4 Å². The van der Waals surface area contributed by atoms with E-state index in [-0.39, 0.29) is 23.0 Å². The summed E-state index contributed by atoms with van der Waals surface area (Å²) in [7, 11) is -2.54. The van der Waals surface area contributed by atoms with E-state index in [0.29, 0.717) is 24.0 Å². The number of hydrogen-bond donors (Lipinski definition) is 1. The summed E-state index contributed by atoms with van der Waals surface area (Å²) in [5.41, 5.74) is 0.711. The van der Waals surface area contributed by atoms with Gasteiger partial charge in [-0.15, -0.1) is 0 Å². The normalized spacial score (nSPS) is 19.0. The smallest absolute Gasteiger partial charge is 0.271 e. The number of nitro groups is 1. The highest BCUT2D eigenvalue weighted by Gasteiger charge is 2.38. The van der Waals surface area contributed by atoms with Gasteiger partial charge in [-0.05, 0) is 37.8 Å². The van der Waals surface area contributed by atoms with Crippen LogP contribution in [0.15, 0.2) is 17.0 Å². The lowest BCUT2D eigenvalue weighted by Crippen LogP contribution is -2.51. The maximum absolute atomic E-state index is 13.1. The van der Waals surface area contributed by atoms with Crippen molar-refractivity contribution >= 4 is 21.6 Å². The topological polar surface area (TPSA) is 110 Å². The Kier molecular flexibility index (Phi) is 5.24. The first-order chi connectivity index (χ1) is 11.2. The molecule has 1 fully saturated rings. The van der Waals surface area contributed by atoms with E-state index >= 15 is 0 Å². The molecule has 1 aromatic carbocycles. The molecule has 0 spiro atoms. The third-order valence-corrected chi connectivity index (χ3v) is 6.44. The van der Waals surface area contributed by atoms with Crippen LogP contribution in [-0.4, -0.2) is 43.2 Å². The average Bonchev–Trinajstić information content (AvgIpc) is 2.56. The van der Waals surface area contributed by atoms with Crippen molar-refractivity contribution in [1.29, 1.82) is 0 Å². The number of sulfonamides is 1. The Morgan fingerprint density at radius 3 is 2.58 bits per heavy atom. The summed E-state index contributed by atoms with van der Waals surface area (Å²) in [6.45, 7) is 3.47. The van der Waals surface area contributed by atoms with Crippen molar-refractivity contribution in [2.75, 3.05) is 13.6 Å². The maximum Gasteiger partial charge on any atom is 0.271 e. The number of piperidine rings is 1. The zero-order valence-electron chi connectivity index (χ0n) is 13.9. The van der Waals surface area contributed by atoms with Crippen molar-refractivity contribution in [2.24, 2.45) is 0 Å². The van der Waals surface area contributed by atoms with Gasteiger partial charge in [0.1, 0.15) is 6.04 Å². The van der Waals surface area contributed by atoms with Crippen LogP contribution in [0.4, 0.5) is 5.69 Å². The van der Waals surface area contributed by atoms with Crippen LogP contribution in [0.2, 0.25) is 0 Å². The molecule has 1 heterocycles. The van der Waals surface area contributed by atoms with Crippen molar-refractivity contribution < 1.29 is 18.1 Å². The highest BCUT2D eigenvalue weighted by molar-refractivity contribution is 7.89. The van der Waals surface area contributed by atoms with E-state index in [1.165, 1.54) is 17.4 Å². The number of nitro benzene ring substituents is 1. The standard InChI is InChI=1S/C15H21N3O5S/c1-10-8-12(18(20)21)9-14(11(10)2)24(22,23)17-7-5-4-6-13(17)15(19)16-3/h8-9,13H,4-7H2,1-3H3,(H,16,19)/t13-/m1/s1. The van der Waals surface area contributed by atoms with Gasteiger partial charge in [0.15, 0.2) is 0 Å². The summed E-state index contributed by atoms with van der Waals surface area (Å²) in [6, 6.07) is 1.64. The predicted octanol–water partition coefficient (Wildman–Crippen LogP) is 1.50. The first-order valence-electron chi connectivity index (χ1n) is 7.69. The van der Waals surface area contributed by atoms with Gasteiger partial charge in [0, 0.05) is 25.7 Å². The molecular weight excluding hydrogens is 334 g/mol. The molecule has 0 aliphatic carbocycles. The monoisotopic (exact) mass is 355 g/mol. The molecule has 2 rings (SSSR count). The van der Waals surface area contributed by atoms with Gasteiger partial charge >= 0.3 is 0 Å². The number of aryl methyl sites for hydroxylation is 1. The number of carbonyl (C=O) groups excluding carboxylic acids is 1. The summed E-state index contributed by atoms with van der Waals surface area (Å²) in [6.07, 6.45) is 1.85. The van der Waals surface area contributed by atoms with E-state index in [0.717, 1.165) is 12.5 Å². The Labute approximate surface area is 141 Å². The molecule has 0 radical (unpaired) electrons. The van der Waals surface area contributed by atoms with E-state index in [1.807, 2.05) is 0 Å². The lowest BCUT2D eigenvalue weighted by atomic mass is 10.0. The zero-order chi connectivity index (χ0) is 18.1. The summed E-state index contributed by atoms with van der Waals surface area (Å²) >= 11 is 0. The number of benzene rings is 1. The SMILES string of the molecule is CNC(=O)[C@H]1CCCCN1S(=O)(=O)c1cc([N+](=O)[O-])cc(C)c1C. The van der Waals surface area contributed by atoms with Crippen LogP contribution in [-0.2, 0) is 14.8 Å². The lowest BCUT2D eigenvalue weighted by molar-refractivity contribution is -0.385. The number of likely N-dealkylation sites (N-methyl/N-ethyl adjacent to an activating group) is 1. The molecule has 0 aromatic heterocycles. The first-order valence-corrected chi connectivity index (χ1v) is 9.13. The third-order valence-electron chi connectivity index (χ3n) is 4.40. The quantitative estimate of drug-likeness (QED) is 0.650. The summed E-state index contributed by atoms with van der Waals surface area (Å²) in [5.74, 6) is -0.363. The van der Waals surface area contributed by atoms with Gasteiger partial charge in [-0.25, -0.2) is 8.42 Å². The Morgan fingerprint density at radius 1 is 1.33 bits per heavy atom. The Morgan fingerprint density at radius 2 is 2.00 bits per heavy atom. The van der Waals surface area contributed by atoms with Crippen LogP contribution in [0, 0.1) is 24.0 Å². The Balaban J connectivity index is 2.57. The number of nitrogens with zero attached hydrogens (tertiary/aromatic N) is 2. The van der Waals surface area contributed by atoms with E-state index < -0.39 is 21.0 Å². The van der Waals surface area contributed by atoms with E-state index in [1.54, 1.807) is 13.8 Å². The molecule has 0 saturated carbocycles. The Bertz CT molecular complexity index is 776. The Hall–Kier alpha value is -2.00. The number of amides is 1. The lowest BCUT2D eigenvalue weighted by Gasteiger charge is -2.33. The van der Waals surface area contributed by atoms with Crippen LogP contribution in [0.25, 0.3) is 0 Å². The molecule has 1 aliphatic heterocycles. The summed E-state index contributed by atoms with van der Waals surface area (Å²) in [5, 5.41) is 13.6. The van der Waals surface area contributed by atoms with Crippen LogP contribution < -0.4 is 5.32 Å². The van der Waals surface area contributed by atoms with Gasteiger partial charge in [-0.2, -0.15) is 4.31 Å². The maximum atomic E-state index is 13.1. The molecule has 1 atom stereocenters. The van der Waals surface area contributed by atoms with Gasteiger partial charge in [0.2, 0.25) is 15.9 Å². The highest BCUT2D eigenvalue weighted by atomic mass is 32.2. The minimum atomic E-state index is -4.01. The van der Waals surface area contributed by atoms with Crippen molar-refractivity contribution in [2.45, 2.75) is 44.0 Å². The highest BCUT2D eigenvalue weighted by Crippen LogP contribution is 2.31. The second-order valence-corrected chi connectivity index (χ2v) is 7.74. The average molecular weight is 355 g/mol. The van der Waals surface area contributed by atoms with E-state index in [9.17, 15) is 23.3 Å². The van der Waals surface area contributed by atoms with Crippen LogP contribution >= 0.6 is 0 Å². The molecule has 1 aliphatic rings. The largest absolute Gasteiger partial charge is 0.358 e. The fraction of sp³-hybridized carbons (Fsp3) is 0.533. The molecule has 9 heteroatoms. The van der Waals surface area contributed by atoms with Gasteiger partial charge in [0.05, 0.1) is 9.82 Å². The van der Waals surface area contributed by atoms with Crippen molar-refractivity contribution in [1.82, 2.24) is 9.62 Å². The molecule has 0 unspecified atom stereocenters. The molecule has 1 amide bonds. The summed E-state index contributed by atoms with van der Waals surface area (Å²) < 4.78 is 27.3. The van der Waals surface area contributed by atoms with Gasteiger partial charge < -0.3 is 5.32 Å². The molecule has 132 valence electrons. The number of carbonyl (C=O) groups is 1. The molecule has 24 heavy (non-hydrogen) atoms. The second kappa shape index (κ2) is 6.86. The van der Waals surface area contributed by atoms with Gasteiger partial charge in [-0.3, -0.25) is 14.9 Å². The molecule has 1 saturated heterocycles. The molecule has 8 nitrogen and oxygen atoms in total. The van der Waals surface area contributed by atoms with Crippen LogP contribution in [0.3, 0.4) is 0 Å². The first kappa shape index (κ1) is 18.3. The van der Waals surface area contributed by atoms with Crippen molar-refractivity contribution in [3.05, 3.63) is 33.4 Å². The molecular formula is C15H21N3O5S. The summed E-state index contributed by atoms with van der Waals surface area (Å²) in [4.78, 5) is 22.4. The zero-order valence-corrected chi connectivity index (χ0v) is 14.7. The van der Waals surface area contributed by atoms with Crippen molar-refractivity contribution in [3.63, 3.8) is 0 Å². The van der Waals surface area contributed by atoms with Crippen LogP contribution in [0.5, 0.6) is 0 Å². The minimum absolute atomic E-state index is 0.106. The fourth-order valence-corrected chi connectivity index (χ4v) is 4.91. The molecule has 0 bridgehead atoms. The number of nitrogens with one attached hydrogen (secondary N) is 1. The van der Waals surface area contributed by atoms with Gasteiger partial charge in [0.25, 0.3) is 5.69 Å². The minimum Gasteiger partial charge on any atom is -0.358 e. The molecule has 1 N–H and O–H groups in total.